The second-order valence-electron chi connectivity index (χ2n) is 5.67. The van der Waals surface area contributed by atoms with Gasteiger partial charge in [0.1, 0.15) is 5.82 Å². The average Bonchev–Trinajstić information content (AvgIpc) is 3.14. The number of carbonyl (C=O) groups is 1. The van der Waals surface area contributed by atoms with E-state index in [0.29, 0.717) is 5.75 Å². The third-order valence-corrected chi connectivity index (χ3v) is 5.68. The lowest BCUT2D eigenvalue weighted by molar-refractivity contribution is -0.119. The zero-order chi connectivity index (χ0) is 17.6. The Morgan fingerprint density at radius 3 is 2.48 bits per heavy atom. The minimum atomic E-state index is -0.272. The normalized spacial score (nSPS) is 11.9. The van der Waals surface area contributed by atoms with E-state index in [4.69, 9.17) is 0 Å². The van der Waals surface area contributed by atoms with Crippen LogP contribution in [0.1, 0.15) is 22.0 Å². The fourth-order valence-electron chi connectivity index (χ4n) is 2.42. The number of nitrogens with one attached hydrogen (secondary N) is 1. The molecule has 3 rings (SSSR count). The maximum Gasteiger partial charge on any atom is 0.231 e. The van der Waals surface area contributed by atoms with Crippen molar-refractivity contribution in [1.29, 1.82) is 0 Å². The van der Waals surface area contributed by atoms with Crippen molar-refractivity contribution in [2.45, 2.75) is 17.9 Å². The summed E-state index contributed by atoms with van der Waals surface area (Å²) in [4.78, 5) is 14.4. The van der Waals surface area contributed by atoms with Crippen LogP contribution in [0.5, 0.6) is 0 Å². The molecule has 1 N–H and O–H groups in total. The highest BCUT2D eigenvalue weighted by Crippen LogP contribution is 2.27. The molecule has 0 saturated carbocycles. The standard InChI is InChI=1S/C20H18FNOS2/c1-14-4-6-15(7-5-14)20(18-3-2-12-24-18)22-19(23)13-25-17-10-8-16(21)9-11-17/h2-12,20H,13H2,1H3,(H,22,23). The van der Waals surface area contributed by atoms with E-state index in [1.807, 2.05) is 36.6 Å². The van der Waals surface area contributed by atoms with Gasteiger partial charge in [-0.25, -0.2) is 4.39 Å². The molecule has 1 amide bonds. The van der Waals surface area contributed by atoms with Gasteiger partial charge in [0.15, 0.2) is 0 Å². The van der Waals surface area contributed by atoms with Gasteiger partial charge in [-0.2, -0.15) is 0 Å². The molecule has 5 heteroatoms. The first-order valence-corrected chi connectivity index (χ1v) is 9.76. The number of amides is 1. The van der Waals surface area contributed by atoms with Crippen LogP contribution in [0.25, 0.3) is 0 Å². The number of thioether (sulfide) groups is 1. The Hall–Kier alpha value is -2.11. The van der Waals surface area contributed by atoms with Crippen molar-refractivity contribution in [2.24, 2.45) is 0 Å². The number of thiophene rings is 1. The predicted molar refractivity (Wildman–Crippen MR) is 103 cm³/mol. The van der Waals surface area contributed by atoms with Gasteiger partial charge in [0.25, 0.3) is 0 Å². The van der Waals surface area contributed by atoms with Gasteiger partial charge in [-0.05, 0) is 48.2 Å². The van der Waals surface area contributed by atoms with Crippen LogP contribution in [-0.4, -0.2) is 11.7 Å². The van der Waals surface area contributed by atoms with Gasteiger partial charge >= 0.3 is 0 Å². The van der Waals surface area contributed by atoms with Crippen LogP contribution in [0.15, 0.2) is 70.9 Å². The highest BCUT2D eigenvalue weighted by Gasteiger charge is 2.17. The van der Waals surface area contributed by atoms with E-state index < -0.39 is 0 Å². The molecule has 3 aromatic rings. The number of halogens is 1. The number of benzene rings is 2. The first kappa shape index (κ1) is 17.7. The molecule has 0 spiro atoms. The van der Waals surface area contributed by atoms with Crippen molar-refractivity contribution in [3.05, 3.63) is 87.9 Å². The number of hydrogen-bond donors (Lipinski definition) is 1. The van der Waals surface area contributed by atoms with Crippen molar-refractivity contribution in [3.8, 4) is 0 Å². The summed E-state index contributed by atoms with van der Waals surface area (Å²) in [5, 5.41) is 5.12. The molecule has 0 aliphatic heterocycles. The molecule has 25 heavy (non-hydrogen) atoms. The first-order chi connectivity index (χ1) is 12.1. The molecule has 128 valence electrons. The maximum absolute atomic E-state index is 12.9. The third-order valence-electron chi connectivity index (χ3n) is 3.73. The number of carbonyl (C=O) groups excluding carboxylic acids is 1. The van der Waals surface area contributed by atoms with Crippen molar-refractivity contribution in [1.82, 2.24) is 5.32 Å². The Balaban J connectivity index is 1.68. The minimum Gasteiger partial charge on any atom is -0.344 e. The Kier molecular flexibility index (Phi) is 5.89. The van der Waals surface area contributed by atoms with Gasteiger partial charge in [0.2, 0.25) is 5.91 Å². The van der Waals surface area contributed by atoms with Crippen LogP contribution in [0.4, 0.5) is 4.39 Å². The first-order valence-electron chi connectivity index (χ1n) is 7.89. The quantitative estimate of drug-likeness (QED) is 0.604. The molecule has 0 saturated heterocycles. The summed E-state index contributed by atoms with van der Waals surface area (Å²) in [5.41, 5.74) is 2.25. The molecule has 1 aromatic heterocycles. The molecular weight excluding hydrogens is 353 g/mol. The lowest BCUT2D eigenvalue weighted by atomic mass is 10.0. The smallest absolute Gasteiger partial charge is 0.231 e. The molecule has 0 fully saturated rings. The lowest BCUT2D eigenvalue weighted by Crippen LogP contribution is -2.30. The Morgan fingerprint density at radius 1 is 1.12 bits per heavy atom. The maximum atomic E-state index is 12.9. The van der Waals surface area contributed by atoms with E-state index in [-0.39, 0.29) is 17.8 Å². The molecular formula is C20H18FNOS2. The van der Waals surface area contributed by atoms with Gasteiger partial charge < -0.3 is 5.32 Å². The molecule has 1 heterocycles. The van der Waals surface area contributed by atoms with Gasteiger partial charge in [0.05, 0.1) is 11.8 Å². The number of rotatable bonds is 6. The topological polar surface area (TPSA) is 29.1 Å². The molecule has 2 aromatic carbocycles. The van der Waals surface area contributed by atoms with Crippen LogP contribution >= 0.6 is 23.1 Å². The van der Waals surface area contributed by atoms with E-state index in [2.05, 4.69) is 17.4 Å². The average molecular weight is 372 g/mol. The largest absolute Gasteiger partial charge is 0.344 e. The highest BCUT2D eigenvalue weighted by atomic mass is 32.2. The fourth-order valence-corrected chi connectivity index (χ4v) is 3.93. The van der Waals surface area contributed by atoms with E-state index in [1.54, 1.807) is 23.5 Å². The van der Waals surface area contributed by atoms with Crippen molar-refractivity contribution < 1.29 is 9.18 Å². The molecule has 1 unspecified atom stereocenters. The third kappa shape index (κ3) is 4.94. The SMILES string of the molecule is Cc1ccc(C(NC(=O)CSc2ccc(F)cc2)c2cccs2)cc1. The Bertz CT molecular complexity index is 814. The van der Waals surface area contributed by atoms with Gasteiger partial charge in [0, 0.05) is 9.77 Å². The number of aryl methyl sites for hydroxylation is 1. The summed E-state index contributed by atoms with van der Waals surface area (Å²) in [6.45, 7) is 2.04. The van der Waals surface area contributed by atoms with Crippen molar-refractivity contribution in [2.75, 3.05) is 5.75 Å². The van der Waals surface area contributed by atoms with E-state index in [0.717, 1.165) is 15.3 Å². The summed E-state index contributed by atoms with van der Waals surface area (Å²) in [6, 6.07) is 18.2. The zero-order valence-electron chi connectivity index (χ0n) is 13.7. The van der Waals surface area contributed by atoms with Crippen molar-refractivity contribution in [3.63, 3.8) is 0 Å². The number of hydrogen-bond acceptors (Lipinski definition) is 3. The summed E-state index contributed by atoms with van der Waals surface area (Å²) >= 11 is 3.02. The lowest BCUT2D eigenvalue weighted by Gasteiger charge is -2.18. The summed E-state index contributed by atoms with van der Waals surface area (Å²) in [7, 11) is 0. The Labute approximate surface area is 155 Å². The summed E-state index contributed by atoms with van der Waals surface area (Å²) in [6.07, 6.45) is 0. The second-order valence-corrected chi connectivity index (χ2v) is 7.70. The second kappa shape index (κ2) is 8.32. The molecule has 0 aliphatic rings. The van der Waals surface area contributed by atoms with E-state index >= 15 is 0 Å². The van der Waals surface area contributed by atoms with Crippen LogP contribution in [0.2, 0.25) is 0 Å². The van der Waals surface area contributed by atoms with E-state index in [1.165, 1.54) is 29.5 Å². The Morgan fingerprint density at radius 2 is 1.84 bits per heavy atom. The van der Waals surface area contributed by atoms with Crippen LogP contribution < -0.4 is 5.32 Å². The van der Waals surface area contributed by atoms with Crippen molar-refractivity contribution >= 4 is 29.0 Å². The van der Waals surface area contributed by atoms with E-state index in [9.17, 15) is 9.18 Å². The van der Waals surface area contributed by atoms with Crippen LogP contribution in [-0.2, 0) is 4.79 Å². The fraction of sp³-hybridized carbons (Fsp3) is 0.150. The molecule has 0 bridgehead atoms. The minimum absolute atomic E-state index is 0.0479. The van der Waals surface area contributed by atoms with Gasteiger partial charge in [-0.3, -0.25) is 4.79 Å². The molecule has 2 nitrogen and oxygen atoms in total. The molecule has 0 radical (unpaired) electrons. The van der Waals surface area contributed by atoms with Gasteiger partial charge in [-0.15, -0.1) is 23.1 Å². The summed E-state index contributed by atoms with van der Waals surface area (Å²) < 4.78 is 12.9. The summed E-state index contributed by atoms with van der Waals surface area (Å²) in [5.74, 6) is -0.0291. The van der Waals surface area contributed by atoms with Gasteiger partial charge in [-0.1, -0.05) is 35.9 Å². The molecule has 0 aliphatic carbocycles. The highest BCUT2D eigenvalue weighted by molar-refractivity contribution is 8.00. The predicted octanol–water partition coefficient (Wildman–Crippen LogP) is 5.19. The van der Waals surface area contributed by atoms with Crippen LogP contribution in [0.3, 0.4) is 0 Å². The zero-order valence-corrected chi connectivity index (χ0v) is 15.4. The molecule has 1 atom stereocenters. The monoisotopic (exact) mass is 371 g/mol. The van der Waals surface area contributed by atoms with Crippen LogP contribution in [0, 0.1) is 12.7 Å².